The summed E-state index contributed by atoms with van der Waals surface area (Å²) >= 11 is 0. The molecule has 0 unspecified atom stereocenters. The van der Waals surface area contributed by atoms with Crippen molar-refractivity contribution in [2.75, 3.05) is 13.1 Å². The van der Waals surface area contributed by atoms with Gasteiger partial charge in [-0.1, -0.05) is 32.3 Å². The molecule has 2 aliphatic rings. The van der Waals surface area contributed by atoms with E-state index < -0.39 is 0 Å². The van der Waals surface area contributed by atoms with Gasteiger partial charge in [-0.3, -0.25) is 9.78 Å². The second kappa shape index (κ2) is 7.06. The van der Waals surface area contributed by atoms with Crippen LogP contribution in [0.15, 0.2) is 29.0 Å². The van der Waals surface area contributed by atoms with E-state index in [0.717, 1.165) is 31.4 Å². The molecule has 0 spiro atoms. The second-order valence-corrected chi connectivity index (χ2v) is 8.61. The van der Waals surface area contributed by atoms with Gasteiger partial charge in [0.1, 0.15) is 0 Å². The fraction of sp³-hybridized carbons (Fsp3) is 0.619. The molecule has 27 heavy (non-hydrogen) atoms. The number of carbonyl (C=O) groups excluding carboxylic acids is 1. The summed E-state index contributed by atoms with van der Waals surface area (Å²) < 4.78 is 5.73. The van der Waals surface area contributed by atoms with E-state index in [4.69, 9.17) is 9.51 Å². The first-order valence-corrected chi connectivity index (χ1v) is 10.0. The Morgan fingerprint density at radius 2 is 2.26 bits per heavy atom. The van der Waals surface area contributed by atoms with Crippen LogP contribution in [0, 0.1) is 17.8 Å². The lowest BCUT2D eigenvalue weighted by molar-refractivity contribution is -0.131. The smallest absolute Gasteiger partial charge is 0.235 e. The Morgan fingerprint density at radius 1 is 1.41 bits per heavy atom. The Labute approximate surface area is 160 Å². The highest BCUT2D eigenvalue weighted by molar-refractivity contribution is 5.77. The van der Waals surface area contributed by atoms with Gasteiger partial charge in [-0.15, -0.1) is 0 Å². The van der Waals surface area contributed by atoms with Gasteiger partial charge in [0.15, 0.2) is 0 Å². The number of rotatable bonds is 5. The van der Waals surface area contributed by atoms with Gasteiger partial charge in [0.05, 0.1) is 5.41 Å². The highest BCUT2D eigenvalue weighted by Gasteiger charge is 2.55. The van der Waals surface area contributed by atoms with E-state index in [1.165, 1.54) is 0 Å². The maximum absolute atomic E-state index is 12.8. The van der Waals surface area contributed by atoms with Gasteiger partial charge in [-0.2, -0.15) is 4.98 Å². The number of likely N-dealkylation sites (tertiary alicyclic amines) is 1. The van der Waals surface area contributed by atoms with E-state index in [9.17, 15) is 4.79 Å². The lowest BCUT2D eigenvalue weighted by atomic mass is 9.80. The van der Waals surface area contributed by atoms with Gasteiger partial charge in [-0.25, -0.2) is 0 Å². The summed E-state index contributed by atoms with van der Waals surface area (Å²) in [7, 11) is 0. The highest BCUT2D eigenvalue weighted by atomic mass is 16.5. The van der Waals surface area contributed by atoms with Gasteiger partial charge >= 0.3 is 0 Å². The first-order chi connectivity index (χ1) is 13.0. The Morgan fingerprint density at radius 3 is 3.00 bits per heavy atom. The number of aromatic nitrogens is 3. The Kier molecular flexibility index (Phi) is 4.74. The fourth-order valence-electron chi connectivity index (χ4n) is 4.51. The highest BCUT2D eigenvalue weighted by Crippen LogP contribution is 2.50. The summed E-state index contributed by atoms with van der Waals surface area (Å²) in [5.74, 6) is 2.86. The average Bonchev–Trinajstić information content (AvgIpc) is 3.36. The minimum absolute atomic E-state index is 0.176. The van der Waals surface area contributed by atoms with Crippen LogP contribution < -0.4 is 0 Å². The van der Waals surface area contributed by atoms with Crippen molar-refractivity contribution in [1.29, 1.82) is 0 Å². The standard InChI is InChI=1S/C21H28N4O2/c1-14(2)15(3)10-18(26)25-12-17-7-4-8-21(17,13-25)20-23-19(24-27-20)16-6-5-9-22-11-16/h5-6,9,11,14-15,17H,4,7-8,10,12-13H2,1-3H3/t15-,17-,21-/m1/s1. The zero-order chi connectivity index (χ0) is 19.0. The lowest BCUT2D eigenvalue weighted by Crippen LogP contribution is -2.35. The van der Waals surface area contributed by atoms with E-state index in [-0.39, 0.29) is 11.3 Å². The van der Waals surface area contributed by atoms with Crippen LogP contribution in [-0.2, 0) is 10.2 Å². The van der Waals surface area contributed by atoms with Gasteiger partial charge in [-0.05, 0) is 42.7 Å². The maximum atomic E-state index is 12.8. The van der Waals surface area contributed by atoms with Crippen molar-refractivity contribution in [3.8, 4) is 11.4 Å². The van der Waals surface area contributed by atoms with E-state index in [1.807, 2.05) is 17.0 Å². The molecule has 6 nitrogen and oxygen atoms in total. The molecule has 3 heterocycles. The van der Waals surface area contributed by atoms with Crippen molar-refractivity contribution >= 4 is 5.91 Å². The van der Waals surface area contributed by atoms with E-state index in [1.54, 1.807) is 12.4 Å². The summed E-state index contributed by atoms with van der Waals surface area (Å²) in [5, 5.41) is 4.20. The van der Waals surface area contributed by atoms with E-state index >= 15 is 0 Å². The summed E-state index contributed by atoms with van der Waals surface area (Å²) in [6.07, 6.45) is 7.37. The molecule has 2 aromatic rings. The number of fused-ring (bicyclic) bond motifs is 1. The number of hydrogen-bond donors (Lipinski definition) is 0. The molecule has 0 N–H and O–H groups in total. The molecule has 144 valence electrons. The Bertz CT molecular complexity index is 804. The van der Waals surface area contributed by atoms with Crippen molar-refractivity contribution in [2.24, 2.45) is 17.8 Å². The molecule has 1 saturated carbocycles. The average molecular weight is 368 g/mol. The SMILES string of the molecule is CC(C)[C@H](C)CC(=O)N1C[C@H]2CCC[C@@]2(c2nc(-c3cccnc3)no2)C1. The molecular formula is C21H28N4O2. The molecule has 6 heteroatoms. The van der Waals surface area contributed by atoms with Crippen LogP contribution in [0.3, 0.4) is 0 Å². The number of amides is 1. The molecule has 1 saturated heterocycles. The van der Waals surface area contributed by atoms with Gasteiger partial charge < -0.3 is 9.42 Å². The monoisotopic (exact) mass is 368 g/mol. The third kappa shape index (κ3) is 3.26. The summed E-state index contributed by atoms with van der Waals surface area (Å²) in [5.41, 5.74) is 0.680. The molecule has 1 aliphatic heterocycles. The largest absolute Gasteiger partial charge is 0.341 e. The summed E-state index contributed by atoms with van der Waals surface area (Å²) in [6.45, 7) is 8.03. The Hall–Kier alpha value is -2.24. The molecule has 0 bridgehead atoms. The fourth-order valence-corrected chi connectivity index (χ4v) is 4.51. The predicted octanol–water partition coefficient (Wildman–Crippen LogP) is 3.69. The van der Waals surface area contributed by atoms with Crippen LogP contribution in [0.5, 0.6) is 0 Å². The maximum Gasteiger partial charge on any atom is 0.235 e. The number of carbonyl (C=O) groups is 1. The summed E-state index contributed by atoms with van der Waals surface area (Å²) in [4.78, 5) is 23.7. The van der Waals surface area contributed by atoms with Gasteiger partial charge in [0.25, 0.3) is 0 Å². The zero-order valence-corrected chi connectivity index (χ0v) is 16.4. The Balaban J connectivity index is 1.55. The van der Waals surface area contributed by atoms with Crippen LogP contribution in [0.1, 0.15) is 52.3 Å². The molecule has 0 radical (unpaired) electrons. The number of hydrogen-bond acceptors (Lipinski definition) is 5. The minimum Gasteiger partial charge on any atom is -0.341 e. The van der Waals surface area contributed by atoms with E-state index in [0.29, 0.717) is 42.4 Å². The molecule has 1 aliphatic carbocycles. The van der Waals surface area contributed by atoms with Crippen molar-refractivity contribution in [3.05, 3.63) is 30.4 Å². The first-order valence-electron chi connectivity index (χ1n) is 10.0. The molecule has 4 rings (SSSR count). The molecule has 3 atom stereocenters. The lowest BCUT2D eigenvalue weighted by Gasteiger charge is -2.25. The topological polar surface area (TPSA) is 72.1 Å². The third-order valence-electron chi connectivity index (χ3n) is 6.63. The third-order valence-corrected chi connectivity index (χ3v) is 6.63. The second-order valence-electron chi connectivity index (χ2n) is 8.61. The first kappa shape index (κ1) is 18.1. The van der Waals surface area contributed by atoms with Gasteiger partial charge in [0.2, 0.25) is 17.6 Å². The van der Waals surface area contributed by atoms with Gasteiger partial charge in [0, 0.05) is 37.5 Å². The number of nitrogens with zero attached hydrogens (tertiary/aromatic N) is 4. The van der Waals surface area contributed by atoms with Crippen LogP contribution >= 0.6 is 0 Å². The predicted molar refractivity (Wildman–Crippen MR) is 102 cm³/mol. The zero-order valence-electron chi connectivity index (χ0n) is 16.4. The molecule has 0 aromatic carbocycles. The quantitative estimate of drug-likeness (QED) is 0.805. The van der Waals surface area contributed by atoms with Crippen molar-refractivity contribution in [1.82, 2.24) is 20.0 Å². The van der Waals surface area contributed by atoms with Crippen LogP contribution in [0.4, 0.5) is 0 Å². The van der Waals surface area contributed by atoms with Crippen LogP contribution in [-0.4, -0.2) is 39.0 Å². The van der Waals surface area contributed by atoms with Crippen LogP contribution in [0.2, 0.25) is 0 Å². The molecular weight excluding hydrogens is 340 g/mol. The van der Waals surface area contributed by atoms with Crippen molar-refractivity contribution in [3.63, 3.8) is 0 Å². The summed E-state index contributed by atoms with van der Waals surface area (Å²) in [6, 6.07) is 3.80. The molecule has 2 fully saturated rings. The normalized spacial score (nSPS) is 25.8. The van der Waals surface area contributed by atoms with Crippen molar-refractivity contribution in [2.45, 2.75) is 51.9 Å². The van der Waals surface area contributed by atoms with Crippen molar-refractivity contribution < 1.29 is 9.32 Å². The molecule has 1 amide bonds. The minimum atomic E-state index is -0.176. The van der Waals surface area contributed by atoms with Crippen LogP contribution in [0.25, 0.3) is 11.4 Å². The molecule has 2 aromatic heterocycles. The van der Waals surface area contributed by atoms with E-state index in [2.05, 4.69) is 30.9 Å². The number of pyridine rings is 1.